The molecule has 0 radical (unpaired) electrons. The number of carbonyl (C=O) groups excluding carboxylic acids is 2. The molecule has 264 valence electrons. The van der Waals surface area contributed by atoms with Gasteiger partial charge in [0, 0.05) is 48.6 Å². The van der Waals surface area contributed by atoms with Crippen molar-refractivity contribution in [3.63, 3.8) is 0 Å². The Morgan fingerprint density at radius 3 is 2.14 bits per heavy atom. The van der Waals surface area contributed by atoms with Gasteiger partial charge in [0.1, 0.15) is 6.04 Å². The predicted octanol–water partition coefficient (Wildman–Crippen LogP) is 7.94. The molecule has 2 aromatic carbocycles. The molecule has 50 heavy (non-hydrogen) atoms. The van der Waals surface area contributed by atoms with Crippen LogP contribution < -0.4 is 5.32 Å². The summed E-state index contributed by atoms with van der Waals surface area (Å²) in [4.78, 5) is 49.0. The van der Waals surface area contributed by atoms with Crippen LogP contribution in [0.25, 0.3) is 17.0 Å². The molecule has 1 saturated heterocycles. The van der Waals surface area contributed by atoms with E-state index in [9.17, 15) is 19.5 Å². The van der Waals surface area contributed by atoms with Crippen LogP contribution in [0.1, 0.15) is 112 Å². The lowest BCUT2D eigenvalue weighted by Gasteiger charge is -2.39. The van der Waals surface area contributed by atoms with Crippen molar-refractivity contribution in [3.05, 3.63) is 89.3 Å². The standard InChI is InChI=1S/C42H52N4O4/c1-4-5-28-6-10-31(11-7-28)32-16-18-33(19-17-32)36-23-43-39(44-24-36)34-12-8-29(9-13-34)22-38(41(48)46-25-37(26-46)42(49)50)45-40(47)35-20-14-30(15-21-35)27(2)3/h8-9,12-15,18,20-21,23-24,27-28,31-32,37-38H,4-7,10-11,16-17,19,22,25-26H2,1-3H3,(H,45,47)(H,49,50). The van der Waals surface area contributed by atoms with Crippen LogP contribution in [-0.4, -0.2) is 56.9 Å². The van der Waals surface area contributed by atoms with Gasteiger partial charge in [0.05, 0.1) is 5.92 Å². The van der Waals surface area contributed by atoms with Gasteiger partial charge in [0.25, 0.3) is 5.91 Å². The maximum absolute atomic E-state index is 13.5. The maximum Gasteiger partial charge on any atom is 0.310 e. The molecule has 2 amide bonds. The molecule has 6 rings (SSSR count). The molecule has 0 bridgehead atoms. The van der Waals surface area contributed by atoms with Crippen LogP contribution in [0.3, 0.4) is 0 Å². The van der Waals surface area contributed by atoms with Crippen LogP contribution >= 0.6 is 0 Å². The molecule has 2 aliphatic carbocycles. The summed E-state index contributed by atoms with van der Waals surface area (Å²) in [6, 6.07) is 14.3. The van der Waals surface area contributed by atoms with Gasteiger partial charge in [-0.25, -0.2) is 9.97 Å². The first-order valence-corrected chi connectivity index (χ1v) is 18.7. The van der Waals surface area contributed by atoms with E-state index < -0.39 is 17.9 Å². The van der Waals surface area contributed by atoms with E-state index in [-0.39, 0.29) is 31.3 Å². The fourth-order valence-corrected chi connectivity index (χ4v) is 8.07. The van der Waals surface area contributed by atoms with Gasteiger partial charge >= 0.3 is 5.97 Å². The molecule has 2 unspecified atom stereocenters. The minimum Gasteiger partial charge on any atom is -0.481 e. The molecule has 2 N–H and O–H groups in total. The Bertz CT molecular complexity index is 1650. The number of hydrogen-bond acceptors (Lipinski definition) is 5. The summed E-state index contributed by atoms with van der Waals surface area (Å²) < 4.78 is 0. The predicted molar refractivity (Wildman–Crippen MR) is 196 cm³/mol. The zero-order valence-corrected chi connectivity index (χ0v) is 29.8. The van der Waals surface area contributed by atoms with E-state index in [0.29, 0.717) is 17.3 Å². The van der Waals surface area contributed by atoms with E-state index in [1.165, 1.54) is 55.4 Å². The molecule has 2 heterocycles. The summed E-state index contributed by atoms with van der Waals surface area (Å²) in [5.41, 5.74) is 5.80. The zero-order valence-electron chi connectivity index (χ0n) is 29.8. The van der Waals surface area contributed by atoms with Crippen molar-refractivity contribution >= 4 is 23.4 Å². The number of amides is 2. The fraction of sp³-hybridized carbons (Fsp3) is 0.500. The molecule has 1 aromatic heterocycles. The Hall–Kier alpha value is -4.33. The lowest BCUT2D eigenvalue weighted by Crippen LogP contribution is -2.59. The molecule has 3 aromatic rings. The Morgan fingerprint density at radius 2 is 1.56 bits per heavy atom. The fourth-order valence-electron chi connectivity index (χ4n) is 8.07. The lowest BCUT2D eigenvalue weighted by atomic mass is 9.70. The third-order valence-corrected chi connectivity index (χ3v) is 11.4. The number of aromatic nitrogens is 2. The minimum atomic E-state index is -0.912. The van der Waals surface area contributed by atoms with Crippen molar-refractivity contribution < 1.29 is 19.5 Å². The van der Waals surface area contributed by atoms with E-state index in [4.69, 9.17) is 9.97 Å². The van der Waals surface area contributed by atoms with Crippen LogP contribution in [0, 0.1) is 23.7 Å². The van der Waals surface area contributed by atoms with Crippen molar-refractivity contribution in [2.75, 3.05) is 13.1 Å². The van der Waals surface area contributed by atoms with Crippen molar-refractivity contribution in [1.29, 1.82) is 0 Å². The second-order valence-corrected chi connectivity index (χ2v) is 15.1. The molecule has 2 fully saturated rings. The number of allylic oxidation sites excluding steroid dienone is 2. The number of carboxylic acid groups (broad SMARTS) is 1. The normalized spacial score (nSPS) is 21.6. The number of benzene rings is 2. The summed E-state index contributed by atoms with van der Waals surface area (Å²) in [5.74, 6) is 1.54. The van der Waals surface area contributed by atoms with Crippen molar-refractivity contribution in [2.24, 2.45) is 23.7 Å². The first kappa shape index (κ1) is 35.5. The Labute approximate surface area is 296 Å². The summed E-state index contributed by atoms with van der Waals surface area (Å²) in [6.45, 7) is 6.79. The highest BCUT2D eigenvalue weighted by molar-refractivity contribution is 5.98. The van der Waals surface area contributed by atoms with Crippen LogP contribution in [0.2, 0.25) is 0 Å². The van der Waals surface area contributed by atoms with E-state index >= 15 is 0 Å². The largest absolute Gasteiger partial charge is 0.481 e. The number of aliphatic carboxylic acids is 1. The highest BCUT2D eigenvalue weighted by Crippen LogP contribution is 2.42. The number of likely N-dealkylation sites (tertiary alicyclic amines) is 1. The smallest absolute Gasteiger partial charge is 0.310 e. The average Bonchev–Trinajstić information content (AvgIpc) is 3.11. The number of carbonyl (C=O) groups is 3. The SMILES string of the molecule is CCCC1CCC(C2CC=C(c3cnc(-c4ccc(CC(NC(=O)c5ccc(C(C)C)cc5)C(=O)N5CC(C(=O)O)C5)cc4)nc3)CC2)CC1. The van der Waals surface area contributed by atoms with Gasteiger partial charge in [0.15, 0.2) is 5.82 Å². The molecule has 0 spiro atoms. The molecule has 3 aliphatic rings. The molecular weight excluding hydrogens is 624 g/mol. The monoisotopic (exact) mass is 676 g/mol. The van der Waals surface area contributed by atoms with Gasteiger partial charge in [-0.05, 0) is 84.6 Å². The number of rotatable bonds is 12. The average molecular weight is 677 g/mol. The van der Waals surface area contributed by atoms with Gasteiger partial charge in [0.2, 0.25) is 5.91 Å². The Morgan fingerprint density at radius 1 is 0.880 bits per heavy atom. The third kappa shape index (κ3) is 8.51. The quantitative estimate of drug-likeness (QED) is 0.201. The molecule has 1 saturated carbocycles. The summed E-state index contributed by atoms with van der Waals surface area (Å²) in [5, 5.41) is 12.2. The second kappa shape index (κ2) is 16.1. The van der Waals surface area contributed by atoms with Gasteiger partial charge in [-0.1, -0.05) is 88.9 Å². The zero-order chi connectivity index (χ0) is 35.2. The molecule has 1 aliphatic heterocycles. The van der Waals surface area contributed by atoms with Gasteiger partial charge < -0.3 is 15.3 Å². The van der Waals surface area contributed by atoms with E-state index in [1.807, 2.05) is 48.8 Å². The van der Waals surface area contributed by atoms with Crippen LogP contribution in [0.5, 0.6) is 0 Å². The van der Waals surface area contributed by atoms with Crippen molar-refractivity contribution in [2.45, 2.75) is 96.9 Å². The maximum atomic E-state index is 13.5. The first-order valence-electron chi connectivity index (χ1n) is 18.7. The number of hydrogen-bond donors (Lipinski definition) is 2. The third-order valence-electron chi connectivity index (χ3n) is 11.4. The van der Waals surface area contributed by atoms with Crippen molar-refractivity contribution in [3.8, 4) is 11.4 Å². The molecule has 2 atom stereocenters. The highest BCUT2D eigenvalue weighted by atomic mass is 16.4. The van der Waals surface area contributed by atoms with Gasteiger partial charge in [-0.15, -0.1) is 0 Å². The summed E-state index contributed by atoms with van der Waals surface area (Å²) in [7, 11) is 0. The lowest BCUT2D eigenvalue weighted by molar-refractivity contribution is -0.153. The summed E-state index contributed by atoms with van der Waals surface area (Å²) >= 11 is 0. The minimum absolute atomic E-state index is 0.146. The molecular formula is C42H52N4O4. The highest BCUT2D eigenvalue weighted by Gasteiger charge is 2.39. The number of nitrogens with one attached hydrogen (secondary N) is 1. The molecule has 8 heteroatoms. The van der Waals surface area contributed by atoms with E-state index in [2.05, 4.69) is 32.2 Å². The second-order valence-electron chi connectivity index (χ2n) is 15.1. The van der Waals surface area contributed by atoms with Crippen LogP contribution in [-0.2, 0) is 16.0 Å². The Balaban J connectivity index is 1.08. The topological polar surface area (TPSA) is 112 Å². The van der Waals surface area contributed by atoms with Crippen LogP contribution in [0.15, 0.2) is 67.0 Å². The van der Waals surface area contributed by atoms with Crippen LogP contribution in [0.4, 0.5) is 0 Å². The van der Waals surface area contributed by atoms with Gasteiger partial charge in [-0.2, -0.15) is 0 Å². The Kier molecular flexibility index (Phi) is 11.5. The number of carboxylic acids is 1. The molecule has 8 nitrogen and oxygen atoms in total. The summed E-state index contributed by atoms with van der Waals surface area (Å²) in [6.07, 6.45) is 18.4. The van der Waals surface area contributed by atoms with E-state index in [0.717, 1.165) is 52.8 Å². The van der Waals surface area contributed by atoms with Gasteiger partial charge in [-0.3, -0.25) is 14.4 Å². The number of nitrogens with zero attached hydrogens (tertiary/aromatic N) is 3. The van der Waals surface area contributed by atoms with E-state index in [1.54, 1.807) is 12.1 Å². The first-order chi connectivity index (χ1) is 24.2. The van der Waals surface area contributed by atoms with Crippen molar-refractivity contribution in [1.82, 2.24) is 20.2 Å².